The molecule has 0 atom stereocenters. The van der Waals surface area contributed by atoms with Gasteiger partial charge in [-0.15, -0.1) is 0 Å². The Morgan fingerprint density at radius 1 is 1.12 bits per heavy atom. The van der Waals surface area contributed by atoms with Gasteiger partial charge in [-0.2, -0.15) is 0 Å². The van der Waals surface area contributed by atoms with Crippen molar-refractivity contribution in [3.63, 3.8) is 0 Å². The molecule has 1 aliphatic heterocycles. The molecule has 0 bridgehead atoms. The van der Waals surface area contributed by atoms with Crippen molar-refractivity contribution in [1.29, 1.82) is 0 Å². The van der Waals surface area contributed by atoms with Crippen LogP contribution in [0.15, 0.2) is 18.2 Å². The average molecular weight is 230 g/mol. The van der Waals surface area contributed by atoms with E-state index in [1.165, 1.54) is 56.4 Å². The molecular formula is C15H22N2. The zero-order valence-corrected chi connectivity index (χ0v) is 10.7. The zero-order chi connectivity index (χ0) is 11.9. The summed E-state index contributed by atoms with van der Waals surface area (Å²) in [6, 6.07) is 6.29. The summed E-state index contributed by atoms with van der Waals surface area (Å²) >= 11 is 0. The Labute approximate surface area is 104 Å². The van der Waals surface area contributed by atoms with Crippen LogP contribution in [0, 0.1) is 12.3 Å². The van der Waals surface area contributed by atoms with Crippen molar-refractivity contribution in [3.05, 3.63) is 23.8 Å². The Bertz CT molecular complexity index is 411. The van der Waals surface area contributed by atoms with E-state index >= 15 is 0 Å². The van der Waals surface area contributed by atoms with Gasteiger partial charge in [0.25, 0.3) is 0 Å². The highest BCUT2D eigenvalue weighted by Crippen LogP contribution is 2.46. The second-order valence-corrected chi connectivity index (χ2v) is 5.96. The highest BCUT2D eigenvalue weighted by atomic mass is 15.2. The number of nitrogens with two attached hydrogens (primary N) is 1. The minimum absolute atomic E-state index is 0.659. The van der Waals surface area contributed by atoms with Crippen LogP contribution in [0.5, 0.6) is 0 Å². The summed E-state index contributed by atoms with van der Waals surface area (Å²) in [5.41, 5.74) is 10.0. The van der Waals surface area contributed by atoms with Gasteiger partial charge in [-0.3, -0.25) is 0 Å². The Hall–Kier alpha value is -1.18. The lowest BCUT2D eigenvalue weighted by atomic mass is 9.68. The summed E-state index contributed by atoms with van der Waals surface area (Å²) in [6.07, 6.45) is 7.21. The van der Waals surface area contributed by atoms with Crippen LogP contribution in [-0.2, 0) is 0 Å². The van der Waals surface area contributed by atoms with Gasteiger partial charge in [0, 0.05) is 29.9 Å². The molecular weight excluding hydrogens is 208 g/mol. The van der Waals surface area contributed by atoms with E-state index in [0.29, 0.717) is 5.41 Å². The molecule has 1 aliphatic carbocycles. The molecule has 3 rings (SSSR count). The topological polar surface area (TPSA) is 29.3 Å². The predicted molar refractivity (Wildman–Crippen MR) is 73.3 cm³/mol. The van der Waals surface area contributed by atoms with E-state index in [4.69, 9.17) is 5.73 Å². The summed E-state index contributed by atoms with van der Waals surface area (Å²) in [7, 11) is 0. The predicted octanol–water partition coefficient (Wildman–Crippen LogP) is 3.35. The van der Waals surface area contributed by atoms with E-state index in [-0.39, 0.29) is 0 Å². The molecule has 2 aliphatic rings. The summed E-state index contributed by atoms with van der Waals surface area (Å²) in [5, 5.41) is 0. The third-order valence-corrected chi connectivity index (χ3v) is 4.53. The minimum atomic E-state index is 0.659. The fraction of sp³-hybridized carbons (Fsp3) is 0.600. The third kappa shape index (κ3) is 1.90. The van der Waals surface area contributed by atoms with Crippen molar-refractivity contribution in [2.24, 2.45) is 5.41 Å². The maximum Gasteiger partial charge on any atom is 0.0397 e. The van der Waals surface area contributed by atoms with Gasteiger partial charge in [-0.1, -0.05) is 19.3 Å². The molecule has 2 nitrogen and oxygen atoms in total. The molecule has 92 valence electrons. The fourth-order valence-electron chi connectivity index (χ4n) is 3.59. The molecule has 0 unspecified atom stereocenters. The molecule has 2 fully saturated rings. The van der Waals surface area contributed by atoms with E-state index in [1.54, 1.807) is 0 Å². The maximum atomic E-state index is 5.80. The van der Waals surface area contributed by atoms with Gasteiger partial charge in [0.05, 0.1) is 0 Å². The number of nitrogens with zero attached hydrogens (tertiary/aromatic N) is 1. The van der Waals surface area contributed by atoms with Gasteiger partial charge in [0.1, 0.15) is 0 Å². The second-order valence-electron chi connectivity index (χ2n) is 5.96. The molecule has 1 aromatic rings. The van der Waals surface area contributed by atoms with Gasteiger partial charge in [0.15, 0.2) is 0 Å². The molecule has 1 aromatic carbocycles. The van der Waals surface area contributed by atoms with E-state index in [9.17, 15) is 0 Å². The molecule has 1 heterocycles. The van der Waals surface area contributed by atoms with Gasteiger partial charge in [-0.25, -0.2) is 0 Å². The number of aryl methyl sites for hydroxylation is 1. The van der Waals surface area contributed by atoms with Crippen LogP contribution in [0.1, 0.15) is 37.7 Å². The van der Waals surface area contributed by atoms with E-state index in [2.05, 4.69) is 24.0 Å². The molecule has 2 heteroatoms. The second kappa shape index (κ2) is 3.94. The van der Waals surface area contributed by atoms with Crippen LogP contribution in [0.4, 0.5) is 11.4 Å². The number of rotatable bonds is 1. The first-order valence-electron chi connectivity index (χ1n) is 6.80. The summed E-state index contributed by atoms with van der Waals surface area (Å²) in [6.45, 7) is 4.69. The van der Waals surface area contributed by atoms with Gasteiger partial charge in [0.2, 0.25) is 0 Å². The van der Waals surface area contributed by atoms with E-state index < -0.39 is 0 Å². The quantitative estimate of drug-likeness (QED) is 0.750. The van der Waals surface area contributed by atoms with Crippen molar-refractivity contribution >= 4 is 11.4 Å². The number of anilines is 2. The zero-order valence-electron chi connectivity index (χ0n) is 10.7. The first-order chi connectivity index (χ1) is 8.19. The number of nitrogen functional groups attached to an aromatic ring is 1. The molecule has 2 N–H and O–H groups in total. The highest BCUT2D eigenvalue weighted by molar-refractivity contribution is 5.60. The summed E-state index contributed by atoms with van der Waals surface area (Å²) in [4.78, 5) is 2.53. The van der Waals surface area contributed by atoms with E-state index in [0.717, 1.165) is 5.69 Å². The normalized spacial score (nSPS) is 22.5. The molecule has 0 radical (unpaired) electrons. The van der Waals surface area contributed by atoms with Crippen molar-refractivity contribution in [1.82, 2.24) is 0 Å². The Morgan fingerprint density at radius 3 is 2.47 bits per heavy atom. The first kappa shape index (κ1) is 10.9. The van der Waals surface area contributed by atoms with Gasteiger partial charge < -0.3 is 10.6 Å². The molecule has 0 aromatic heterocycles. The largest absolute Gasteiger partial charge is 0.399 e. The number of benzene rings is 1. The van der Waals surface area contributed by atoms with Crippen LogP contribution in [0.25, 0.3) is 0 Å². The summed E-state index contributed by atoms with van der Waals surface area (Å²) in [5.74, 6) is 0. The summed E-state index contributed by atoms with van der Waals surface area (Å²) < 4.78 is 0. The van der Waals surface area contributed by atoms with Crippen molar-refractivity contribution in [2.45, 2.75) is 39.0 Å². The SMILES string of the molecule is Cc1cc(N)ccc1N1CC2(CCCCC2)C1. The Morgan fingerprint density at radius 2 is 1.82 bits per heavy atom. The smallest absolute Gasteiger partial charge is 0.0397 e. The van der Waals surface area contributed by atoms with E-state index in [1.807, 2.05) is 6.07 Å². The average Bonchev–Trinajstić information content (AvgIpc) is 2.27. The maximum absolute atomic E-state index is 5.80. The Balaban J connectivity index is 1.72. The lowest BCUT2D eigenvalue weighted by Crippen LogP contribution is -2.57. The van der Waals surface area contributed by atoms with Gasteiger partial charge >= 0.3 is 0 Å². The van der Waals surface area contributed by atoms with Crippen molar-refractivity contribution < 1.29 is 0 Å². The standard InChI is InChI=1S/C15H22N2/c1-12-9-13(16)5-6-14(12)17-10-15(11-17)7-3-2-4-8-15/h5-6,9H,2-4,7-8,10-11,16H2,1H3. The third-order valence-electron chi connectivity index (χ3n) is 4.53. The lowest BCUT2D eigenvalue weighted by Gasteiger charge is -2.54. The van der Waals surface area contributed by atoms with Crippen molar-refractivity contribution in [2.75, 3.05) is 23.7 Å². The fourth-order valence-corrected chi connectivity index (χ4v) is 3.59. The lowest BCUT2D eigenvalue weighted by molar-refractivity contribution is 0.139. The highest BCUT2D eigenvalue weighted by Gasteiger charge is 2.43. The molecule has 0 amide bonds. The van der Waals surface area contributed by atoms with Crippen molar-refractivity contribution in [3.8, 4) is 0 Å². The monoisotopic (exact) mass is 230 g/mol. The molecule has 17 heavy (non-hydrogen) atoms. The van der Waals surface area contributed by atoms with Crippen LogP contribution < -0.4 is 10.6 Å². The van der Waals surface area contributed by atoms with Crippen LogP contribution in [0.2, 0.25) is 0 Å². The molecule has 1 spiro atoms. The van der Waals surface area contributed by atoms with Crippen LogP contribution in [0.3, 0.4) is 0 Å². The minimum Gasteiger partial charge on any atom is -0.399 e. The van der Waals surface area contributed by atoms with Crippen LogP contribution in [-0.4, -0.2) is 13.1 Å². The van der Waals surface area contributed by atoms with Gasteiger partial charge in [-0.05, 0) is 43.5 Å². The molecule has 1 saturated carbocycles. The Kier molecular flexibility index (Phi) is 2.53. The first-order valence-corrected chi connectivity index (χ1v) is 6.80. The van der Waals surface area contributed by atoms with Crippen LogP contribution >= 0.6 is 0 Å². The number of hydrogen-bond acceptors (Lipinski definition) is 2. The number of hydrogen-bond donors (Lipinski definition) is 1. The molecule has 1 saturated heterocycles.